The van der Waals surface area contributed by atoms with Crippen LogP contribution in [0.4, 0.5) is 14.5 Å². The molecule has 0 unspecified atom stereocenters. The molecule has 3 heterocycles. The van der Waals surface area contributed by atoms with E-state index in [0.29, 0.717) is 29.8 Å². The van der Waals surface area contributed by atoms with Crippen LogP contribution >= 0.6 is 11.3 Å². The van der Waals surface area contributed by atoms with Crippen molar-refractivity contribution in [3.8, 4) is 0 Å². The SMILES string of the molecule is Cc1cc(C(=O)N[C@@H](Cc2ccccc2)[C@H](O)CN(C)c2cncc(C(C)(F)F)c2)cc(C(=O)N2CCC[C@@H]2c2nc(C)cs2)c1. The lowest BCUT2D eigenvalue weighted by molar-refractivity contribution is 0.0171. The maximum atomic E-state index is 13.9. The summed E-state index contributed by atoms with van der Waals surface area (Å²) < 4.78 is 27.9. The summed E-state index contributed by atoms with van der Waals surface area (Å²) in [6.07, 6.45) is 3.55. The predicted octanol–water partition coefficient (Wildman–Crippen LogP) is 6.08. The first-order chi connectivity index (χ1) is 21.9. The smallest absolute Gasteiger partial charge is 0.272 e. The number of likely N-dealkylation sites (N-methyl/N-ethyl adjacent to an activating group) is 1. The summed E-state index contributed by atoms with van der Waals surface area (Å²) in [5.41, 5.74) is 3.51. The number of carbonyl (C=O) groups excluding carboxylic acids is 2. The maximum Gasteiger partial charge on any atom is 0.272 e. The number of alkyl halides is 2. The molecule has 5 rings (SSSR count). The number of rotatable bonds is 11. The molecule has 0 radical (unpaired) electrons. The minimum absolute atomic E-state index is 0.0440. The van der Waals surface area contributed by atoms with Crippen molar-refractivity contribution in [3.63, 3.8) is 0 Å². The number of nitrogens with zero attached hydrogens (tertiary/aromatic N) is 4. The number of hydrogen-bond acceptors (Lipinski definition) is 7. The molecule has 0 bridgehead atoms. The van der Waals surface area contributed by atoms with Crippen LogP contribution in [0.1, 0.15) is 73.9 Å². The number of amides is 2. The molecule has 1 aliphatic heterocycles. The molecular formula is C35H39F2N5O3S. The van der Waals surface area contributed by atoms with E-state index in [9.17, 15) is 23.5 Å². The number of halogens is 2. The molecule has 242 valence electrons. The van der Waals surface area contributed by atoms with E-state index >= 15 is 0 Å². The van der Waals surface area contributed by atoms with Crippen molar-refractivity contribution in [1.82, 2.24) is 20.2 Å². The summed E-state index contributed by atoms with van der Waals surface area (Å²) in [7, 11) is 1.68. The Labute approximate surface area is 272 Å². The zero-order valence-electron chi connectivity index (χ0n) is 26.4. The normalized spacial score (nSPS) is 16.2. The van der Waals surface area contributed by atoms with Crippen LogP contribution in [-0.2, 0) is 12.3 Å². The Bertz CT molecular complexity index is 1680. The second kappa shape index (κ2) is 14.0. The standard InChI is InChI=1S/C35H39F2N5O3S/c1-22-13-25(16-26(14-22)34(45)42-12-8-11-30(42)33-39-23(2)21-46-33)32(44)40-29(15-24-9-6-5-7-10-24)31(43)20-41(4)28-17-27(18-38-19-28)35(3,36)37/h5-7,9-10,13-14,16-19,21,29-31,43H,8,11-12,15,20H2,1-4H3,(H,40,44)/t29-,30+,31+/m0/s1. The third kappa shape index (κ3) is 7.94. The molecule has 2 amide bonds. The summed E-state index contributed by atoms with van der Waals surface area (Å²) in [6, 6.07) is 15.1. The van der Waals surface area contributed by atoms with Crippen molar-refractivity contribution < 1.29 is 23.5 Å². The van der Waals surface area contributed by atoms with Gasteiger partial charge >= 0.3 is 0 Å². The van der Waals surface area contributed by atoms with Crippen molar-refractivity contribution in [2.75, 3.05) is 25.0 Å². The van der Waals surface area contributed by atoms with Crippen LogP contribution in [0.15, 0.2) is 72.4 Å². The molecule has 2 aromatic heterocycles. The van der Waals surface area contributed by atoms with Crippen molar-refractivity contribution in [3.05, 3.63) is 111 Å². The maximum absolute atomic E-state index is 13.9. The molecule has 4 aromatic rings. The lowest BCUT2D eigenvalue weighted by Crippen LogP contribution is -2.49. The molecule has 1 aliphatic rings. The molecule has 2 aromatic carbocycles. The highest BCUT2D eigenvalue weighted by atomic mass is 32.1. The van der Waals surface area contributed by atoms with Crippen LogP contribution in [0.5, 0.6) is 0 Å². The van der Waals surface area contributed by atoms with E-state index < -0.39 is 24.0 Å². The van der Waals surface area contributed by atoms with Crippen molar-refractivity contribution in [2.45, 2.75) is 64.1 Å². The molecule has 0 aliphatic carbocycles. The molecule has 2 N–H and O–H groups in total. The highest BCUT2D eigenvalue weighted by Crippen LogP contribution is 2.35. The fourth-order valence-electron chi connectivity index (χ4n) is 5.79. The highest BCUT2D eigenvalue weighted by Gasteiger charge is 2.33. The first-order valence-corrected chi connectivity index (χ1v) is 16.2. The topological polar surface area (TPSA) is 98.7 Å². The van der Waals surface area contributed by atoms with Gasteiger partial charge in [-0.15, -0.1) is 11.3 Å². The average molecular weight is 648 g/mol. The minimum atomic E-state index is -3.06. The first kappa shape index (κ1) is 33.2. The van der Waals surface area contributed by atoms with E-state index in [2.05, 4.69) is 15.3 Å². The Morgan fingerprint density at radius 1 is 1.13 bits per heavy atom. The van der Waals surface area contributed by atoms with Crippen LogP contribution < -0.4 is 10.2 Å². The quantitative estimate of drug-likeness (QED) is 0.205. The number of nitrogens with one attached hydrogen (secondary N) is 1. The second-order valence-corrected chi connectivity index (χ2v) is 13.0. The predicted molar refractivity (Wildman–Crippen MR) is 176 cm³/mol. The fraction of sp³-hybridized carbons (Fsp3) is 0.371. The van der Waals surface area contributed by atoms with Crippen molar-refractivity contribution in [1.29, 1.82) is 0 Å². The van der Waals surface area contributed by atoms with Crippen LogP contribution in [0.2, 0.25) is 0 Å². The number of hydrogen-bond donors (Lipinski definition) is 2. The molecule has 0 spiro atoms. The number of carbonyl (C=O) groups is 2. The van der Waals surface area contributed by atoms with E-state index in [0.717, 1.165) is 47.8 Å². The van der Waals surface area contributed by atoms with Gasteiger partial charge in [-0.05, 0) is 68.5 Å². The van der Waals surface area contributed by atoms with Crippen molar-refractivity contribution in [2.24, 2.45) is 0 Å². The Balaban J connectivity index is 1.35. The summed E-state index contributed by atoms with van der Waals surface area (Å²) in [4.78, 5) is 39.5. The van der Waals surface area contributed by atoms with E-state index in [-0.39, 0.29) is 24.1 Å². The lowest BCUT2D eigenvalue weighted by Gasteiger charge is -2.29. The number of aryl methyl sites for hydroxylation is 2. The molecule has 1 fully saturated rings. The van der Waals surface area contributed by atoms with E-state index in [4.69, 9.17) is 0 Å². The van der Waals surface area contributed by atoms with Gasteiger partial charge in [-0.25, -0.2) is 13.8 Å². The summed E-state index contributed by atoms with van der Waals surface area (Å²) in [5, 5.41) is 17.3. The van der Waals surface area contributed by atoms with Crippen LogP contribution in [-0.4, -0.2) is 64.1 Å². The minimum Gasteiger partial charge on any atom is -0.389 e. The molecule has 1 saturated heterocycles. The summed E-state index contributed by atoms with van der Waals surface area (Å²) in [6.45, 7) is 5.25. The van der Waals surface area contributed by atoms with Gasteiger partial charge in [-0.1, -0.05) is 30.3 Å². The molecule has 3 atom stereocenters. The van der Waals surface area contributed by atoms with Gasteiger partial charge in [0.15, 0.2) is 0 Å². The summed E-state index contributed by atoms with van der Waals surface area (Å²) in [5.74, 6) is -3.64. The van der Waals surface area contributed by atoms with Gasteiger partial charge < -0.3 is 20.2 Å². The van der Waals surface area contributed by atoms with Crippen LogP contribution in [0.3, 0.4) is 0 Å². The van der Waals surface area contributed by atoms with Crippen LogP contribution in [0.25, 0.3) is 0 Å². The number of pyridine rings is 1. The number of aliphatic hydroxyl groups is 1. The number of likely N-dealkylation sites (tertiary alicyclic amines) is 1. The zero-order valence-corrected chi connectivity index (χ0v) is 27.2. The molecular weight excluding hydrogens is 608 g/mol. The molecule has 0 saturated carbocycles. The van der Waals surface area contributed by atoms with Gasteiger partial charge in [0, 0.05) is 61.0 Å². The Morgan fingerprint density at radius 3 is 2.57 bits per heavy atom. The molecule has 11 heteroatoms. The van der Waals surface area contributed by atoms with Gasteiger partial charge in [-0.2, -0.15) is 0 Å². The van der Waals surface area contributed by atoms with E-state index in [1.165, 1.54) is 12.3 Å². The Kier molecular flexibility index (Phi) is 10.1. The first-order valence-electron chi connectivity index (χ1n) is 15.3. The van der Waals surface area contributed by atoms with Crippen molar-refractivity contribution >= 4 is 28.8 Å². The number of benzene rings is 2. The number of aliphatic hydroxyl groups excluding tert-OH is 1. The van der Waals surface area contributed by atoms with Gasteiger partial charge in [0.05, 0.1) is 30.1 Å². The zero-order chi connectivity index (χ0) is 33.0. The Morgan fingerprint density at radius 2 is 1.87 bits per heavy atom. The number of anilines is 1. The average Bonchev–Trinajstić information content (AvgIpc) is 3.69. The Hall–Kier alpha value is -4.22. The molecule has 8 nitrogen and oxygen atoms in total. The third-order valence-corrected chi connectivity index (χ3v) is 9.30. The highest BCUT2D eigenvalue weighted by molar-refractivity contribution is 7.09. The monoisotopic (exact) mass is 647 g/mol. The van der Waals surface area contributed by atoms with E-state index in [1.54, 1.807) is 41.5 Å². The van der Waals surface area contributed by atoms with Gasteiger partial charge in [0.2, 0.25) is 0 Å². The fourth-order valence-corrected chi connectivity index (χ4v) is 6.73. The number of aromatic nitrogens is 2. The van der Waals surface area contributed by atoms with Gasteiger partial charge in [0.25, 0.3) is 17.7 Å². The van der Waals surface area contributed by atoms with Crippen LogP contribution in [0, 0.1) is 13.8 Å². The largest absolute Gasteiger partial charge is 0.389 e. The van der Waals surface area contributed by atoms with Gasteiger partial charge in [0.1, 0.15) is 5.01 Å². The van der Waals surface area contributed by atoms with E-state index in [1.807, 2.05) is 54.5 Å². The van der Waals surface area contributed by atoms with Gasteiger partial charge in [-0.3, -0.25) is 14.6 Å². The third-order valence-electron chi connectivity index (χ3n) is 8.23. The molecule has 46 heavy (non-hydrogen) atoms. The summed E-state index contributed by atoms with van der Waals surface area (Å²) >= 11 is 1.56. The number of thiazole rings is 1. The lowest BCUT2D eigenvalue weighted by atomic mass is 9.99. The second-order valence-electron chi connectivity index (χ2n) is 12.1.